The van der Waals surface area contributed by atoms with E-state index in [1.165, 1.54) is 71.0 Å². The van der Waals surface area contributed by atoms with Gasteiger partial charge in [0.15, 0.2) is 5.96 Å². The number of hydrogen-bond donors (Lipinski definition) is 2. The fraction of sp³-hybridized carbons (Fsp3) is 0.944. The average molecular weight is 436 g/mol. The lowest BCUT2D eigenvalue weighted by Crippen LogP contribution is -2.44. The molecule has 0 radical (unpaired) electrons. The molecule has 1 saturated heterocycles. The maximum atomic E-state index is 4.88. The van der Waals surface area contributed by atoms with Gasteiger partial charge >= 0.3 is 0 Å². The minimum absolute atomic E-state index is 0. The first-order valence-electron chi connectivity index (χ1n) is 9.59. The SMILES string of the molecule is CCCN1CCC(CN=C(NCC)NC2CCCCC2)CC1.I. The Labute approximate surface area is 160 Å². The second-order valence-electron chi connectivity index (χ2n) is 6.98. The highest BCUT2D eigenvalue weighted by atomic mass is 127. The highest BCUT2D eigenvalue weighted by Crippen LogP contribution is 2.19. The van der Waals surface area contributed by atoms with Crippen LogP contribution in [0.15, 0.2) is 4.99 Å². The Morgan fingerprint density at radius 2 is 1.74 bits per heavy atom. The molecule has 0 aromatic rings. The number of nitrogens with one attached hydrogen (secondary N) is 2. The van der Waals surface area contributed by atoms with Crippen molar-refractivity contribution in [2.45, 2.75) is 71.3 Å². The molecule has 2 N–H and O–H groups in total. The normalized spacial score (nSPS) is 21.7. The van der Waals surface area contributed by atoms with Crippen molar-refractivity contribution in [3.05, 3.63) is 0 Å². The first kappa shape index (κ1) is 21.0. The Morgan fingerprint density at radius 3 is 2.35 bits per heavy atom. The summed E-state index contributed by atoms with van der Waals surface area (Å²) in [5.74, 6) is 1.82. The zero-order valence-corrected chi connectivity index (χ0v) is 17.5. The van der Waals surface area contributed by atoms with Gasteiger partial charge in [-0.15, -0.1) is 24.0 Å². The van der Waals surface area contributed by atoms with Crippen molar-refractivity contribution in [2.24, 2.45) is 10.9 Å². The predicted octanol–water partition coefficient (Wildman–Crippen LogP) is 3.61. The molecule has 136 valence electrons. The van der Waals surface area contributed by atoms with Crippen molar-refractivity contribution in [3.63, 3.8) is 0 Å². The Bertz CT molecular complexity index is 321. The molecular formula is C18H37IN4. The van der Waals surface area contributed by atoms with E-state index in [0.717, 1.165) is 25.0 Å². The van der Waals surface area contributed by atoms with Crippen LogP contribution in [0, 0.1) is 5.92 Å². The van der Waals surface area contributed by atoms with Crippen LogP contribution >= 0.6 is 24.0 Å². The molecule has 1 saturated carbocycles. The first-order chi connectivity index (χ1) is 10.8. The summed E-state index contributed by atoms with van der Waals surface area (Å²) in [6.07, 6.45) is 10.7. The lowest BCUT2D eigenvalue weighted by atomic mass is 9.95. The molecule has 1 aliphatic carbocycles. The fourth-order valence-corrected chi connectivity index (χ4v) is 3.69. The summed E-state index contributed by atoms with van der Waals surface area (Å²) in [7, 11) is 0. The van der Waals surface area contributed by atoms with Crippen LogP contribution < -0.4 is 10.6 Å². The van der Waals surface area contributed by atoms with Gasteiger partial charge in [0.05, 0.1) is 0 Å². The zero-order valence-electron chi connectivity index (χ0n) is 15.1. The molecule has 23 heavy (non-hydrogen) atoms. The standard InChI is InChI=1S/C18H36N4.HI/c1-3-12-22-13-10-16(11-14-22)15-20-18(19-4-2)21-17-8-6-5-7-9-17;/h16-17H,3-15H2,1-2H3,(H2,19,20,21);1H. The molecule has 4 nitrogen and oxygen atoms in total. The minimum atomic E-state index is 0. The average Bonchev–Trinajstić information content (AvgIpc) is 2.55. The second kappa shape index (κ2) is 12.3. The van der Waals surface area contributed by atoms with Crippen molar-refractivity contribution in [1.29, 1.82) is 0 Å². The van der Waals surface area contributed by atoms with Gasteiger partial charge in [0.1, 0.15) is 0 Å². The molecule has 0 atom stereocenters. The molecule has 0 spiro atoms. The van der Waals surface area contributed by atoms with Crippen LogP contribution in [-0.2, 0) is 0 Å². The number of hydrogen-bond acceptors (Lipinski definition) is 2. The van der Waals surface area contributed by atoms with Gasteiger partial charge in [-0.05, 0) is 64.6 Å². The van der Waals surface area contributed by atoms with Gasteiger partial charge in [0, 0.05) is 19.1 Å². The maximum absolute atomic E-state index is 4.88. The first-order valence-corrected chi connectivity index (χ1v) is 9.59. The van der Waals surface area contributed by atoms with Crippen molar-refractivity contribution in [1.82, 2.24) is 15.5 Å². The smallest absolute Gasteiger partial charge is 0.191 e. The largest absolute Gasteiger partial charge is 0.357 e. The predicted molar refractivity (Wildman–Crippen MR) is 111 cm³/mol. The summed E-state index contributed by atoms with van der Waals surface area (Å²) < 4.78 is 0. The number of rotatable bonds is 6. The molecule has 0 amide bonds. The van der Waals surface area contributed by atoms with Crippen LogP contribution in [0.25, 0.3) is 0 Å². The summed E-state index contributed by atoms with van der Waals surface area (Å²) in [6.45, 7) is 10.2. The highest BCUT2D eigenvalue weighted by Gasteiger charge is 2.19. The third kappa shape index (κ3) is 8.05. The lowest BCUT2D eigenvalue weighted by Gasteiger charge is -2.31. The monoisotopic (exact) mass is 436 g/mol. The van der Waals surface area contributed by atoms with Gasteiger partial charge < -0.3 is 15.5 Å². The minimum Gasteiger partial charge on any atom is -0.357 e. The Morgan fingerprint density at radius 1 is 1.04 bits per heavy atom. The Kier molecular flexibility index (Phi) is 11.3. The molecule has 2 fully saturated rings. The lowest BCUT2D eigenvalue weighted by molar-refractivity contribution is 0.188. The van der Waals surface area contributed by atoms with E-state index in [1.54, 1.807) is 0 Å². The van der Waals surface area contributed by atoms with E-state index in [1.807, 2.05) is 0 Å². The summed E-state index contributed by atoms with van der Waals surface area (Å²) in [6, 6.07) is 0.637. The highest BCUT2D eigenvalue weighted by molar-refractivity contribution is 14.0. The van der Waals surface area contributed by atoms with E-state index >= 15 is 0 Å². The van der Waals surface area contributed by atoms with E-state index in [9.17, 15) is 0 Å². The second-order valence-corrected chi connectivity index (χ2v) is 6.98. The third-order valence-electron chi connectivity index (χ3n) is 5.04. The van der Waals surface area contributed by atoms with Crippen LogP contribution in [0.2, 0.25) is 0 Å². The summed E-state index contributed by atoms with van der Waals surface area (Å²) in [4.78, 5) is 7.48. The summed E-state index contributed by atoms with van der Waals surface area (Å²) in [5, 5.41) is 7.08. The summed E-state index contributed by atoms with van der Waals surface area (Å²) in [5.41, 5.74) is 0. The van der Waals surface area contributed by atoms with Crippen molar-refractivity contribution in [2.75, 3.05) is 32.7 Å². The van der Waals surface area contributed by atoms with Crippen LogP contribution in [0.4, 0.5) is 0 Å². The Hall–Kier alpha value is -0.0400. The van der Waals surface area contributed by atoms with E-state index in [4.69, 9.17) is 4.99 Å². The molecule has 2 rings (SSSR count). The van der Waals surface area contributed by atoms with Crippen molar-refractivity contribution >= 4 is 29.9 Å². The number of piperidine rings is 1. The third-order valence-corrected chi connectivity index (χ3v) is 5.04. The van der Waals surface area contributed by atoms with Crippen LogP contribution in [0.3, 0.4) is 0 Å². The van der Waals surface area contributed by atoms with Gasteiger partial charge in [-0.3, -0.25) is 4.99 Å². The number of nitrogens with zero attached hydrogens (tertiary/aromatic N) is 2. The molecular weight excluding hydrogens is 399 g/mol. The van der Waals surface area contributed by atoms with E-state index in [0.29, 0.717) is 6.04 Å². The molecule has 0 aromatic heterocycles. The molecule has 1 heterocycles. The molecule has 1 aliphatic heterocycles. The topological polar surface area (TPSA) is 39.7 Å². The zero-order chi connectivity index (χ0) is 15.6. The summed E-state index contributed by atoms with van der Waals surface area (Å²) >= 11 is 0. The molecule has 0 bridgehead atoms. The van der Waals surface area contributed by atoms with E-state index in [2.05, 4.69) is 29.4 Å². The maximum Gasteiger partial charge on any atom is 0.191 e. The number of halogens is 1. The van der Waals surface area contributed by atoms with Crippen LogP contribution in [-0.4, -0.2) is 49.6 Å². The number of guanidine groups is 1. The molecule has 0 aromatic carbocycles. The molecule has 5 heteroatoms. The number of aliphatic imine (C=N–C) groups is 1. The van der Waals surface area contributed by atoms with Crippen molar-refractivity contribution in [3.8, 4) is 0 Å². The quantitative estimate of drug-likeness (QED) is 0.380. The van der Waals surface area contributed by atoms with E-state index in [-0.39, 0.29) is 24.0 Å². The van der Waals surface area contributed by atoms with Crippen LogP contribution in [0.5, 0.6) is 0 Å². The van der Waals surface area contributed by atoms with Gasteiger partial charge in [-0.1, -0.05) is 26.2 Å². The van der Waals surface area contributed by atoms with Crippen molar-refractivity contribution < 1.29 is 0 Å². The fourth-order valence-electron chi connectivity index (χ4n) is 3.69. The van der Waals surface area contributed by atoms with Gasteiger partial charge in [0.2, 0.25) is 0 Å². The van der Waals surface area contributed by atoms with Gasteiger partial charge in [-0.25, -0.2) is 0 Å². The van der Waals surface area contributed by atoms with Gasteiger partial charge in [-0.2, -0.15) is 0 Å². The number of likely N-dealkylation sites (tertiary alicyclic amines) is 1. The molecule has 2 aliphatic rings. The Balaban J connectivity index is 0.00000264. The van der Waals surface area contributed by atoms with Gasteiger partial charge in [0.25, 0.3) is 0 Å². The molecule has 0 unspecified atom stereocenters. The van der Waals surface area contributed by atoms with Crippen LogP contribution in [0.1, 0.15) is 65.2 Å². The van der Waals surface area contributed by atoms with E-state index < -0.39 is 0 Å².